The normalized spacial score (nSPS) is 15.5. The van der Waals surface area contributed by atoms with Gasteiger partial charge >= 0.3 is 12.6 Å². The first-order valence-electron chi connectivity index (χ1n) is 13.9. The fraction of sp³-hybridized carbons (Fsp3) is 0.400. The zero-order valence-electron chi connectivity index (χ0n) is 23.6. The van der Waals surface area contributed by atoms with Crippen molar-refractivity contribution >= 4 is 44.9 Å². The summed E-state index contributed by atoms with van der Waals surface area (Å²) in [6.07, 6.45) is 6.81. The third-order valence-electron chi connectivity index (χ3n) is 7.00. The van der Waals surface area contributed by atoms with E-state index in [1.807, 2.05) is 0 Å². The number of nitrogens with one attached hydrogen (secondary N) is 1. The van der Waals surface area contributed by atoms with Crippen LogP contribution in [0.15, 0.2) is 48.8 Å². The highest BCUT2D eigenvalue weighted by molar-refractivity contribution is 7.92. The number of pyridine rings is 1. The lowest BCUT2D eigenvalue weighted by Gasteiger charge is -2.22. The van der Waals surface area contributed by atoms with Crippen molar-refractivity contribution in [2.75, 3.05) is 24.2 Å². The molecule has 1 atom stereocenters. The number of anilines is 1. The Labute approximate surface area is 263 Å². The van der Waals surface area contributed by atoms with Crippen LogP contribution in [0.1, 0.15) is 53.3 Å². The van der Waals surface area contributed by atoms with Crippen LogP contribution in [0.5, 0.6) is 17.2 Å². The molecule has 0 amide bonds. The minimum Gasteiger partial charge on any atom is -0.491 e. The van der Waals surface area contributed by atoms with Crippen LogP contribution in [0.4, 0.5) is 14.5 Å². The van der Waals surface area contributed by atoms with Crippen LogP contribution >= 0.6 is 23.2 Å². The number of rotatable bonds is 15. The number of carbonyl (C=O) groups excluding carboxylic acids is 1. The quantitative estimate of drug-likeness (QED) is 0.171. The van der Waals surface area contributed by atoms with E-state index in [9.17, 15) is 22.0 Å². The molecule has 2 aromatic carbocycles. The maximum atomic E-state index is 13.6. The second-order valence-corrected chi connectivity index (χ2v) is 13.4. The number of esters is 1. The van der Waals surface area contributed by atoms with Gasteiger partial charge in [-0.1, -0.05) is 29.3 Å². The standard InChI is InChI=1S/C30H30Cl2F2N2O7S/c1-44(38,39)36-24-8-6-20(11-27(24)40-15-17-2-3-17)29(37)42-26(12-21-22(31)13-35-14-23(21)32)19-7-9-25(43-30(33)34)28(10-19)41-16-18-4-5-18/h6-11,13-14,17-18,26,30,36H,2-5,12,15-16H2,1H3/t26-/m0/s1. The van der Waals surface area contributed by atoms with Crippen molar-refractivity contribution < 1.29 is 40.9 Å². The minimum absolute atomic E-state index is 0.0157. The number of alkyl halides is 2. The average molecular weight is 672 g/mol. The Balaban J connectivity index is 1.46. The summed E-state index contributed by atoms with van der Waals surface area (Å²) in [7, 11) is -3.62. The molecule has 3 aromatic rings. The van der Waals surface area contributed by atoms with Gasteiger partial charge in [0.1, 0.15) is 11.9 Å². The van der Waals surface area contributed by atoms with Crippen LogP contribution < -0.4 is 18.9 Å². The lowest BCUT2D eigenvalue weighted by Crippen LogP contribution is -2.16. The number of sulfonamides is 1. The lowest BCUT2D eigenvalue weighted by atomic mass is 10.0. The van der Waals surface area contributed by atoms with Crippen molar-refractivity contribution in [1.29, 1.82) is 0 Å². The van der Waals surface area contributed by atoms with E-state index in [0.717, 1.165) is 31.9 Å². The Bertz CT molecular complexity index is 1600. The Morgan fingerprint density at radius 2 is 1.59 bits per heavy atom. The van der Waals surface area contributed by atoms with E-state index >= 15 is 0 Å². The first-order valence-corrected chi connectivity index (χ1v) is 16.5. The molecule has 0 spiro atoms. The molecular formula is C30H30Cl2F2N2O7S. The molecule has 2 aliphatic carbocycles. The van der Waals surface area contributed by atoms with Crippen LogP contribution in [-0.4, -0.2) is 45.5 Å². The zero-order chi connectivity index (χ0) is 31.4. The highest BCUT2D eigenvalue weighted by atomic mass is 35.5. The minimum atomic E-state index is -3.62. The summed E-state index contributed by atoms with van der Waals surface area (Å²) in [5.41, 5.74) is 1.14. The van der Waals surface area contributed by atoms with Gasteiger partial charge in [-0.05, 0) is 79.0 Å². The van der Waals surface area contributed by atoms with Crippen molar-refractivity contribution in [3.63, 3.8) is 0 Å². The molecule has 14 heteroatoms. The summed E-state index contributed by atoms with van der Waals surface area (Å²) in [6.45, 7) is -2.37. The van der Waals surface area contributed by atoms with E-state index in [1.54, 1.807) is 0 Å². The van der Waals surface area contributed by atoms with Gasteiger partial charge in [0, 0.05) is 18.8 Å². The average Bonchev–Trinajstić information content (AvgIpc) is 3.88. The molecule has 44 heavy (non-hydrogen) atoms. The van der Waals surface area contributed by atoms with Crippen molar-refractivity contribution in [3.8, 4) is 17.2 Å². The van der Waals surface area contributed by atoms with Crippen molar-refractivity contribution in [1.82, 2.24) is 4.98 Å². The molecule has 2 aliphatic rings. The molecule has 236 valence electrons. The van der Waals surface area contributed by atoms with Crippen LogP contribution in [-0.2, 0) is 21.2 Å². The second kappa shape index (κ2) is 13.7. The summed E-state index contributed by atoms with van der Waals surface area (Å²) in [5, 5.41) is 0.488. The number of hydrogen-bond donors (Lipinski definition) is 1. The first kappa shape index (κ1) is 32.1. The Hall–Kier alpha value is -3.35. The second-order valence-electron chi connectivity index (χ2n) is 10.9. The molecule has 0 radical (unpaired) electrons. The van der Waals surface area contributed by atoms with Crippen LogP contribution in [0.2, 0.25) is 10.0 Å². The summed E-state index contributed by atoms with van der Waals surface area (Å²) in [5.74, 6) is 0.0435. The van der Waals surface area contributed by atoms with E-state index < -0.39 is 28.7 Å². The third kappa shape index (κ3) is 9.09. The molecule has 0 saturated heterocycles. The Kier molecular flexibility index (Phi) is 10.0. The molecular weight excluding hydrogens is 641 g/mol. The van der Waals surface area contributed by atoms with Crippen molar-refractivity contribution in [3.05, 3.63) is 75.5 Å². The van der Waals surface area contributed by atoms with E-state index in [0.29, 0.717) is 36.2 Å². The zero-order valence-corrected chi connectivity index (χ0v) is 25.9. The molecule has 1 aromatic heterocycles. The van der Waals surface area contributed by atoms with Gasteiger partial charge < -0.3 is 18.9 Å². The summed E-state index contributed by atoms with van der Waals surface area (Å²) >= 11 is 12.8. The molecule has 2 saturated carbocycles. The summed E-state index contributed by atoms with van der Waals surface area (Å²) in [4.78, 5) is 17.5. The largest absolute Gasteiger partial charge is 0.491 e. The van der Waals surface area contributed by atoms with Gasteiger partial charge in [0.05, 0.1) is 40.8 Å². The Morgan fingerprint density at radius 3 is 2.18 bits per heavy atom. The molecule has 5 rings (SSSR count). The number of ether oxygens (including phenoxy) is 4. The molecule has 0 unspecified atom stereocenters. The smallest absolute Gasteiger partial charge is 0.387 e. The molecule has 1 N–H and O–H groups in total. The number of halogens is 4. The van der Waals surface area contributed by atoms with Gasteiger partial charge in [-0.2, -0.15) is 8.78 Å². The number of nitrogens with zero attached hydrogens (tertiary/aromatic N) is 1. The molecule has 2 fully saturated rings. The van der Waals surface area contributed by atoms with Crippen molar-refractivity contribution in [2.24, 2.45) is 11.8 Å². The fourth-order valence-corrected chi connectivity index (χ4v) is 5.40. The van der Waals surface area contributed by atoms with Gasteiger partial charge in [-0.25, -0.2) is 13.2 Å². The predicted octanol–water partition coefficient (Wildman–Crippen LogP) is 7.08. The van der Waals surface area contributed by atoms with Crippen molar-refractivity contribution in [2.45, 2.75) is 44.8 Å². The van der Waals surface area contributed by atoms with E-state index in [1.165, 1.54) is 48.8 Å². The van der Waals surface area contributed by atoms with Gasteiger partial charge in [0.2, 0.25) is 10.0 Å². The first-order chi connectivity index (χ1) is 20.9. The SMILES string of the molecule is CS(=O)(=O)Nc1ccc(C(=O)O[C@@H](Cc2c(Cl)cncc2Cl)c2ccc(OC(F)F)c(OCC3CC3)c2)cc1OCC1CC1. The highest BCUT2D eigenvalue weighted by Crippen LogP contribution is 2.39. The maximum absolute atomic E-state index is 13.6. The predicted molar refractivity (Wildman–Crippen MR) is 161 cm³/mol. The van der Waals surface area contributed by atoms with E-state index in [4.69, 9.17) is 37.4 Å². The molecule has 0 aliphatic heterocycles. The Morgan fingerprint density at radius 1 is 0.955 bits per heavy atom. The highest BCUT2D eigenvalue weighted by Gasteiger charge is 2.27. The number of hydrogen-bond acceptors (Lipinski definition) is 8. The fourth-order valence-electron chi connectivity index (χ4n) is 4.31. The van der Waals surface area contributed by atoms with Gasteiger partial charge in [-0.3, -0.25) is 9.71 Å². The number of benzene rings is 2. The van der Waals surface area contributed by atoms with Gasteiger partial charge in [0.25, 0.3) is 0 Å². The molecule has 0 bridgehead atoms. The lowest BCUT2D eigenvalue weighted by molar-refractivity contribution is -0.0515. The summed E-state index contributed by atoms with van der Waals surface area (Å²) in [6, 6.07) is 8.55. The number of carbonyl (C=O) groups is 1. The van der Waals surface area contributed by atoms with E-state index in [2.05, 4.69) is 14.4 Å². The monoisotopic (exact) mass is 670 g/mol. The van der Waals surface area contributed by atoms with Crippen LogP contribution in [0, 0.1) is 11.8 Å². The number of aromatic nitrogens is 1. The summed E-state index contributed by atoms with van der Waals surface area (Å²) < 4.78 is 74.8. The topological polar surface area (TPSA) is 113 Å². The molecule has 9 nitrogen and oxygen atoms in total. The van der Waals surface area contributed by atoms with Gasteiger partial charge in [-0.15, -0.1) is 0 Å². The third-order valence-corrected chi connectivity index (χ3v) is 8.24. The van der Waals surface area contributed by atoms with E-state index in [-0.39, 0.29) is 45.0 Å². The maximum Gasteiger partial charge on any atom is 0.387 e. The van der Waals surface area contributed by atoms with Gasteiger partial charge in [0.15, 0.2) is 11.5 Å². The van der Waals surface area contributed by atoms with Crippen LogP contribution in [0.25, 0.3) is 0 Å². The molecule has 1 heterocycles. The van der Waals surface area contributed by atoms with Crippen LogP contribution in [0.3, 0.4) is 0 Å².